The van der Waals surface area contributed by atoms with Crippen LogP contribution in [0.2, 0.25) is 0 Å². The van der Waals surface area contributed by atoms with Crippen LogP contribution in [0.25, 0.3) is 10.6 Å². The second kappa shape index (κ2) is 8.21. The van der Waals surface area contributed by atoms with Crippen LogP contribution in [0.4, 0.5) is 16.4 Å². The van der Waals surface area contributed by atoms with Crippen LogP contribution in [0.1, 0.15) is 40.9 Å². The average molecular weight is 408 g/mol. The van der Waals surface area contributed by atoms with E-state index in [1.807, 2.05) is 38.1 Å². The van der Waals surface area contributed by atoms with Crippen LogP contribution in [-0.2, 0) is 0 Å². The summed E-state index contributed by atoms with van der Waals surface area (Å²) in [5.41, 5.74) is 11.4. The Morgan fingerprint density at radius 2 is 1.86 bits per heavy atom. The molecule has 0 unspecified atom stereocenters. The highest BCUT2D eigenvalue weighted by Crippen LogP contribution is 2.35. The fraction of sp³-hybridized carbons (Fsp3) is 0.318. The normalized spacial score (nSPS) is 14.1. The standard InChI is InChI=1S/C22H25N5OS/c1-14-7-6-8-15(2)18(14)22-26-19(20(23)29-22)21(28)25-16-13-24-10-9-17(16)27-11-4-3-5-12-27/h6-10,13H,3-5,11-12,23H2,1-2H3,(H,25,28). The first-order valence-corrected chi connectivity index (χ1v) is 10.7. The van der Waals surface area contributed by atoms with Gasteiger partial charge < -0.3 is 16.0 Å². The van der Waals surface area contributed by atoms with E-state index in [0.29, 0.717) is 10.7 Å². The summed E-state index contributed by atoms with van der Waals surface area (Å²) in [6, 6.07) is 8.05. The van der Waals surface area contributed by atoms with Crippen molar-refractivity contribution >= 4 is 33.6 Å². The first-order chi connectivity index (χ1) is 14.0. The number of pyridine rings is 1. The van der Waals surface area contributed by atoms with E-state index in [9.17, 15) is 4.79 Å². The van der Waals surface area contributed by atoms with Gasteiger partial charge in [0, 0.05) is 24.8 Å². The van der Waals surface area contributed by atoms with E-state index in [1.54, 1.807) is 12.4 Å². The van der Waals surface area contributed by atoms with E-state index >= 15 is 0 Å². The predicted molar refractivity (Wildman–Crippen MR) is 120 cm³/mol. The highest BCUT2D eigenvalue weighted by Gasteiger charge is 2.21. The molecule has 3 heterocycles. The van der Waals surface area contributed by atoms with Crippen molar-refractivity contribution in [1.29, 1.82) is 0 Å². The van der Waals surface area contributed by atoms with Gasteiger partial charge in [0.05, 0.1) is 17.6 Å². The smallest absolute Gasteiger partial charge is 0.277 e. The van der Waals surface area contributed by atoms with Crippen molar-refractivity contribution in [3.8, 4) is 10.6 Å². The third-order valence-corrected chi connectivity index (χ3v) is 6.21. The number of piperidine rings is 1. The zero-order chi connectivity index (χ0) is 20.4. The van der Waals surface area contributed by atoms with Crippen molar-refractivity contribution in [1.82, 2.24) is 9.97 Å². The number of hydrogen-bond acceptors (Lipinski definition) is 6. The van der Waals surface area contributed by atoms with E-state index in [1.165, 1.54) is 17.8 Å². The number of hydrogen-bond donors (Lipinski definition) is 2. The van der Waals surface area contributed by atoms with Crippen molar-refractivity contribution in [2.24, 2.45) is 0 Å². The highest BCUT2D eigenvalue weighted by atomic mass is 32.1. The van der Waals surface area contributed by atoms with E-state index in [-0.39, 0.29) is 11.6 Å². The Kier molecular flexibility index (Phi) is 5.49. The molecular weight excluding hydrogens is 382 g/mol. The summed E-state index contributed by atoms with van der Waals surface area (Å²) in [7, 11) is 0. The highest BCUT2D eigenvalue weighted by molar-refractivity contribution is 7.19. The van der Waals surface area contributed by atoms with Gasteiger partial charge in [-0.15, -0.1) is 0 Å². The van der Waals surface area contributed by atoms with Gasteiger partial charge >= 0.3 is 0 Å². The zero-order valence-corrected chi connectivity index (χ0v) is 17.6. The minimum Gasteiger partial charge on any atom is -0.389 e. The molecular formula is C22H25N5OS. The van der Waals surface area contributed by atoms with Crippen LogP contribution in [-0.4, -0.2) is 29.0 Å². The number of carbonyl (C=O) groups is 1. The second-order valence-electron chi connectivity index (χ2n) is 7.39. The van der Waals surface area contributed by atoms with Crippen molar-refractivity contribution in [2.75, 3.05) is 29.0 Å². The summed E-state index contributed by atoms with van der Waals surface area (Å²) in [5.74, 6) is -0.303. The summed E-state index contributed by atoms with van der Waals surface area (Å²) in [6.45, 7) is 6.06. The van der Waals surface area contributed by atoms with E-state index in [4.69, 9.17) is 5.73 Å². The lowest BCUT2D eigenvalue weighted by atomic mass is 10.0. The number of rotatable bonds is 4. The second-order valence-corrected chi connectivity index (χ2v) is 8.42. The van der Waals surface area contributed by atoms with Crippen LogP contribution >= 0.6 is 11.3 Å². The molecule has 0 saturated carbocycles. The lowest BCUT2D eigenvalue weighted by Gasteiger charge is -2.30. The summed E-state index contributed by atoms with van der Waals surface area (Å²) in [5, 5.41) is 4.17. The van der Waals surface area contributed by atoms with Gasteiger partial charge in [0.1, 0.15) is 10.0 Å². The van der Waals surface area contributed by atoms with Gasteiger partial charge in [0.2, 0.25) is 0 Å². The third kappa shape index (κ3) is 3.96. The number of nitrogen functional groups attached to an aromatic ring is 1. The molecule has 150 valence electrons. The molecule has 7 heteroatoms. The van der Waals surface area contributed by atoms with Crippen molar-refractivity contribution in [3.63, 3.8) is 0 Å². The fourth-order valence-electron chi connectivity index (χ4n) is 3.83. The van der Waals surface area contributed by atoms with Gasteiger partial charge in [0.15, 0.2) is 5.69 Å². The number of nitrogens with two attached hydrogens (primary N) is 1. The predicted octanol–water partition coefficient (Wildman–Crippen LogP) is 4.65. The monoisotopic (exact) mass is 407 g/mol. The molecule has 1 fully saturated rings. The molecule has 3 N–H and O–H groups in total. The molecule has 0 radical (unpaired) electrons. The Hall–Kier alpha value is -2.93. The first-order valence-electron chi connectivity index (χ1n) is 9.88. The fourth-order valence-corrected chi connectivity index (χ4v) is 4.83. The number of anilines is 3. The average Bonchev–Trinajstić information content (AvgIpc) is 3.10. The molecule has 1 amide bonds. The molecule has 1 aliphatic rings. The maximum absolute atomic E-state index is 13.0. The summed E-state index contributed by atoms with van der Waals surface area (Å²) in [4.78, 5) is 24.1. The Labute approximate surface area is 174 Å². The van der Waals surface area contributed by atoms with E-state index in [0.717, 1.165) is 53.3 Å². The number of aryl methyl sites for hydroxylation is 2. The van der Waals surface area contributed by atoms with Crippen LogP contribution < -0.4 is 16.0 Å². The number of nitrogens with zero attached hydrogens (tertiary/aromatic N) is 3. The van der Waals surface area contributed by atoms with Gasteiger partial charge in [-0.2, -0.15) is 0 Å². The molecule has 3 aromatic rings. The molecule has 1 aromatic carbocycles. The lowest BCUT2D eigenvalue weighted by Crippen LogP contribution is -2.30. The molecule has 0 aliphatic carbocycles. The van der Waals surface area contributed by atoms with Gasteiger partial charge in [0.25, 0.3) is 5.91 Å². The first kappa shape index (κ1) is 19.4. The molecule has 1 aliphatic heterocycles. The summed E-state index contributed by atoms with van der Waals surface area (Å²) in [6.07, 6.45) is 7.02. The summed E-state index contributed by atoms with van der Waals surface area (Å²) >= 11 is 1.35. The molecule has 1 saturated heterocycles. The number of nitrogens with one attached hydrogen (secondary N) is 1. The maximum atomic E-state index is 13.0. The Balaban J connectivity index is 1.61. The van der Waals surface area contributed by atoms with Crippen molar-refractivity contribution < 1.29 is 4.79 Å². The van der Waals surface area contributed by atoms with Gasteiger partial charge in [-0.1, -0.05) is 29.5 Å². The van der Waals surface area contributed by atoms with Gasteiger partial charge in [-0.25, -0.2) is 4.98 Å². The Morgan fingerprint density at radius 3 is 2.59 bits per heavy atom. The van der Waals surface area contributed by atoms with Crippen molar-refractivity contribution in [2.45, 2.75) is 33.1 Å². The molecule has 2 aromatic heterocycles. The zero-order valence-electron chi connectivity index (χ0n) is 16.7. The number of amides is 1. The quantitative estimate of drug-likeness (QED) is 0.658. The van der Waals surface area contributed by atoms with Gasteiger partial charge in [-0.3, -0.25) is 9.78 Å². The molecule has 0 spiro atoms. The number of benzene rings is 1. The van der Waals surface area contributed by atoms with Crippen LogP contribution in [0.15, 0.2) is 36.7 Å². The van der Waals surface area contributed by atoms with Crippen LogP contribution in [0, 0.1) is 13.8 Å². The van der Waals surface area contributed by atoms with E-state index in [2.05, 4.69) is 20.2 Å². The molecule has 0 atom stereocenters. The molecule has 0 bridgehead atoms. The molecule has 29 heavy (non-hydrogen) atoms. The van der Waals surface area contributed by atoms with E-state index < -0.39 is 0 Å². The number of thiazole rings is 1. The maximum Gasteiger partial charge on any atom is 0.277 e. The lowest BCUT2D eigenvalue weighted by molar-refractivity contribution is 0.102. The van der Waals surface area contributed by atoms with Crippen LogP contribution in [0.3, 0.4) is 0 Å². The topological polar surface area (TPSA) is 84.1 Å². The minimum absolute atomic E-state index is 0.265. The number of carbonyl (C=O) groups excluding carboxylic acids is 1. The third-order valence-electron chi connectivity index (χ3n) is 5.31. The minimum atomic E-state index is -0.303. The van der Waals surface area contributed by atoms with Crippen molar-refractivity contribution in [3.05, 3.63) is 53.5 Å². The molecule has 6 nitrogen and oxygen atoms in total. The Morgan fingerprint density at radius 1 is 1.14 bits per heavy atom. The SMILES string of the molecule is Cc1cccc(C)c1-c1nc(C(=O)Nc2cnccc2N2CCCCC2)c(N)s1. The molecule has 4 rings (SSSR count). The number of aromatic nitrogens is 2. The van der Waals surface area contributed by atoms with Gasteiger partial charge in [-0.05, 0) is 50.3 Å². The summed E-state index contributed by atoms with van der Waals surface area (Å²) < 4.78 is 0. The van der Waals surface area contributed by atoms with Crippen LogP contribution in [0.5, 0.6) is 0 Å². The largest absolute Gasteiger partial charge is 0.389 e. The Bertz CT molecular complexity index is 1020.